The monoisotopic (exact) mass is 516 g/mol. The van der Waals surface area contributed by atoms with Gasteiger partial charge in [0.15, 0.2) is 0 Å². The van der Waals surface area contributed by atoms with Gasteiger partial charge in [-0.1, -0.05) is 122 Å². The van der Waals surface area contributed by atoms with E-state index in [4.69, 9.17) is 0 Å². The first-order valence-electron chi connectivity index (χ1n) is 15.8. The van der Waals surface area contributed by atoms with E-state index in [2.05, 4.69) is 33.0 Å². The molecule has 0 saturated carbocycles. The van der Waals surface area contributed by atoms with Gasteiger partial charge in [0.2, 0.25) is 5.91 Å². The maximum absolute atomic E-state index is 12.0. The summed E-state index contributed by atoms with van der Waals surface area (Å²) >= 11 is 0. The fourth-order valence-electron chi connectivity index (χ4n) is 5.24. The van der Waals surface area contributed by atoms with Crippen molar-refractivity contribution in [1.29, 1.82) is 0 Å². The molecule has 0 rings (SSSR count). The first-order chi connectivity index (χ1) is 16.6. The SMILES string of the molecule is CCCCCCCCCCCCCCCCCCCCCC(=O)NCCC[N+](CC)(CC)CC.[Cl-]. The molecule has 0 saturated heterocycles. The van der Waals surface area contributed by atoms with Crippen molar-refractivity contribution in [3.63, 3.8) is 0 Å². The average Bonchev–Trinajstić information content (AvgIpc) is 2.86. The van der Waals surface area contributed by atoms with Crippen LogP contribution in [0, 0.1) is 0 Å². The van der Waals surface area contributed by atoms with Crippen LogP contribution >= 0.6 is 0 Å². The molecule has 0 unspecified atom stereocenters. The standard InChI is InChI=1S/C31H64N2O.ClH/c1-5-9-10-11-12-13-14-15-16-17-18-19-20-21-22-23-24-25-26-28-31(34)32-29-27-30-33(6-2,7-3)8-4;/h5-30H2,1-4H3;1H. The van der Waals surface area contributed by atoms with Crippen LogP contribution in [0.2, 0.25) is 0 Å². The molecule has 0 heterocycles. The number of carbonyl (C=O) groups excluding carboxylic acids is 1. The Balaban J connectivity index is 0. The Hall–Kier alpha value is -0.280. The Morgan fingerprint density at radius 2 is 0.857 bits per heavy atom. The molecule has 0 atom stereocenters. The number of hydrogen-bond acceptors (Lipinski definition) is 1. The largest absolute Gasteiger partial charge is 1.00 e. The highest BCUT2D eigenvalue weighted by atomic mass is 35.5. The van der Waals surface area contributed by atoms with Crippen LogP contribution in [0.1, 0.15) is 163 Å². The molecule has 0 aliphatic rings. The molecule has 0 fully saturated rings. The normalized spacial score (nSPS) is 11.4. The number of nitrogens with one attached hydrogen (secondary N) is 1. The van der Waals surface area contributed by atoms with Crippen molar-refractivity contribution in [3.05, 3.63) is 0 Å². The van der Waals surface area contributed by atoms with Crippen molar-refractivity contribution in [3.8, 4) is 0 Å². The van der Waals surface area contributed by atoms with Crippen LogP contribution < -0.4 is 17.7 Å². The minimum Gasteiger partial charge on any atom is -1.00 e. The summed E-state index contributed by atoms with van der Waals surface area (Å²) in [6.07, 6.45) is 28.3. The number of quaternary nitrogens is 1. The van der Waals surface area contributed by atoms with E-state index in [1.807, 2.05) is 0 Å². The molecule has 4 heteroatoms. The quantitative estimate of drug-likeness (QED) is 0.102. The van der Waals surface area contributed by atoms with Crippen molar-refractivity contribution < 1.29 is 21.7 Å². The summed E-state index contributed by atoms with van der Waals surface area (Å²) in [5, 5.41) is 3.14. The smallest absolute Gasteiger partial charge is 0.219 e. The van der Waals surface area contributed by atoms with E-state index in [9.17, 15) is 4.79 Å². The molecule has 212 valence electrons. The van der Waals surface area contributed by atoms with Gasteiger partial charge in [-0.05, 0) is 27.2 Å². The second-order valence-electron chi connectivity index (χ2n) is 10.8. The molecule has 3 nitrogen and oxygen atoms in total. The average molecular weight is 517 g/mol. The second-order valence-corrected chi connectivity index (χ2v) is 10.8. The lowest BCUT2D eigenvalue weighted by Crippen LogP contribution is -3.00. The predicted molar refractivity (Wildman–Crippen MR) is 152 cm³/mol. The number of amides is 1. The molecule has 35 heavy (non-hydrogen) atoms. The molecule has 1 N–H and O–H groups in total. The zero-order chi connectivity index (χ0) is 25.2. The first kappa shape index (κ1) is 36.9. The summed E-state index contributed by atoms with van der Waals surface area (Å²) in [6, 6.07) is 0. The van der Waals surface area contributed by atoms with Crippen LogP contribution in [-0.4, -0.2) is 43.1 Å². The van der Waals surface area contributed by atoms with Crippen LogP contribution in [0.3, 0.4) is 0 Å². The molecular formula is C31H65ClN2O. The number of rotatable bonds is 27. The molecule has 0 aromatic heterocycles. The zero-order valence-electron chi connectivity index (χ0n) is 24.6. The van der Waals surface area contributed by atoms with E-state index in [0.29, 0.717) is 6.42 Å². The van der Waals surface area contributed by atoms with Crippen molar-refractivity contribution in [2.24, 2.45) is 0 Å². The van der Waals surface area contributed by atoms with E-state index < -0.39 is 0 Å². The van der Waals surface area contributed by atoms with Gasteiger partial charge in [-0.2, -0.15) is 0 Å². The van der Waals surface area contributed by atoms with E-state index in [1.165, 1.54) is 146 Å². The highest BCUT2D eigenvalue weighted by Gasteiger charge is 2.19. The predicted octanol–water partition coefficient (Wildman–Crippen LogP) is 6.20. The van der Waals surface area contributed by atoms with E-state index in [0.717, 1.165) is 19.4 Å². The molecule has 0 aliphatic heterocycles. The highest BCUT2D eigenvalue weighted by Crippen LogP contribution is 2.15. The molecule has 0 radical (unpaired) electrons. The molecule has 0 aromatic carbocycles. The number of unbranched alkanes of at least 4 members (excludes halogenated alkanes) is 18. The van der Waals surface area contributed by atoms with Gasteiger partial charge in [-0.15, -0.1) is 0 Å². The molecule has 0 bridgehead atoms. The maximum Gasteiger partial charge on any atom is 0.219 e. The van der Waals surface area contributed by atoms with Crippen LogP contribution in [-0.2, 0) is 4.79 Å². The fraction of sp³-hybridized carbons (Fsp3) is 0.968. The van der Waals surface area contributed by atoms with Crippen LogP contribution in [0.25, 0.3) is 0 Å². The van der Waals surface area contributed by atoms with E-state index in [-0.39, 0.29) is 18.3 Å². The van der Waals surface area contributed by atoms with Crippen LogP contribution in [0.15, 0.2) is 0 Å². The third-order valence-electron chi connectivity index (χ3n) is 8.15. The zero-order valence-corrected chi connectivity index (χ0v) is 25.4. The Kier molecular flexibility index (Phi) is 29.8. The minimum absolute atomic E-state index is 0. The molecule has 0 aromatic rings. The van der Waals surface area contributed by atoms with E-state index >= 15 is 0 Å². The lowest BCUT2D eigenvalue weighted by molar-refractivity contribution is -0.923. The summed E-state index contributed by atoms with van der Waals surface area (Å²) < 4.78 is 1.18. The van der Waals surface area contributed by atoms with E-state index in [1.54, 1.807) is 0 Å². The maximum atomic E-state index is 12.0. The van der Waals surface area contributed by atoms with Gasteiger partial charge in [0.05, 0.1) is 26.2 Å². The summed E-state index contributed by atoms with van der Waals surface area (Å²) in [4.78, 5) is 12.0. The first-order valence-corrected chi connectivity index (χ1v) is 15.8. The van der Waals surface area contributed by atoms with Gasteiger partial charge >= 0.3 is 0 Å². The van der Waals surface area contributed by atoms with Crippen molar-refractivity contribution in [2.45, 2.75) is 163 Å². The van der Waals surface area contributed by atoms with Crippen LogP contribution in [0.5, 0.6) is 0 Å². The van der Waals surface area contributed by atoms with Gasteiger partial charge in [0.1, 0.15) is 0 Å². The minimum atomic E-state index is 0. The molecular weight excluding hydrogens is 452 g/mol. The summed E-state index contributed by atoms with van der Waals surface area (Å²) in [6.45, 7) is 14.8. The number of hydrogen-bond donors (Lipinski definition) is 1. The Bertz CT molecular complexity index is 418. The fourth-order valence-corrected chi connectivity index (χ4v) is 5.24. The van der Waals surface area contributed by atoms with Crippen molar-refractivity contribution in [2.75, 3.05) is 32.7 Å². The molecule has 1 amide bonds. The Morgan fingerprint density at radius 3 is 1.20 bits per heavy atom. The second kappa shape index (κ2) is 28.3. The lowest BCUT2D eigenvalue weighted by Gasteiger charge is -2.35. The third-order valence-corrected chi connectivity index (χ3v) is 8.15. The van der Waals surface area contributed by atoms with Gasteiger partial charge in [-0.3, -0.25) is 4.79 Å². The van der Waals surface area contributed by atoms with Gasteiger partial charge in [0.25, 0.3) is 0 Å². The highest BCUT2D eigenvalue weighted by molar-refractivity contribution is 5.75. The number of halogens is 1. The van der Waals surface area contributed by atoms with Gasteiger partial charge in [-0.25, -0.2) is 0 Å². The third kappa shape index (κ3) is 23.8. The Labute approximate surface area is 228 Å². The molecule has 0 aliphatic carbocycles. The summed E-state index contributed by atoms with van der Waals surface area (Å²) in [7, 11) is 0. The summed E-state index contributed by atoms with van der Waals surface area (Å²) in [5.41, 5.74) is 0. The Morgan fingerprint density at radius 1 is 0.514 bits per heavy atom. The number of nitrogens with zero attached hydrogens (tertiary/aromatic N) is 1. The topological polar surface area (TPSA) is 29.1 Å². The van der Waals surface area contributed by atoms with Gasteiger partial charge in [0, 0.05) is 19.4 Å². The van der Waals surface area contributed by atoms with Gasteiger partial charge < -0.3 is 22.2 Å². The van der Waals surface area contributed by atoms with Crippen LogP contribution in [0.4, 0.5) is 0 Å². The van der Waals surface area contributed by atoms with Crippen molar-refractivity contribution >= 4 is 5.91 Å². The van der Waals surface area contributed by atoms with Crippen molar-refractivity contribution in [1.82, 2.24) is 5.32 Å². The number of carbonyl (C=O) groups is 1. The lowest BCUT2D eigenvalue weighted by atomic mass is 10.0. The summed E-state index contributed by atoms with van der Waals surface area (Å²) in [5.74, 6) is 0.259. The molecule has 0 spiro atoms.